The summed E-state index contributed by atoms with van der Waals surface area (Å²) >= 11 is 1.45. The molecule has 108 valence electrons. The quantitative estimate of drug-likeness (QED) is 0.828. The molecule has 0 aromatic carbocycles. The Bertz CT molecular complexity index is 513. The van der Waals surface area contributed by atoms with Gasteiger partial charge in [0, 0.05) is 35.9 Å². The second-order valence-corrected chi connectivity index (χ2v) is 7.52. The summed E-state index contributed by atoms with van der Waals surface area (Å²) in [5, 5.41) is 4.69. The standard InChI is InChI=1S/C12H20N2O3S2/c1-9-10(3-4-17-9)6-14-19(15,16)12-5-11(7-13-2)18-8-12/h5,8-10,13-14H,3-4,6-7H2,1-2H3. The Kier molecular flexibility index (Phi) is 4.97. The van der Waals surface area contributed by atoms with E-state index in [4.69, 9.17) is 4.74 Å². The number of nitrogens with one attached hydrogen (secondary N) is 2. The molecule has 7 heteroatoms. The molecule has 0 spiro atoms. The highest BCUT2D eigenvalue weighted by molar-refractivity contribution is 7.89. The highest BCUT2D eigenvalue weighted by Gasteiger charge is 2.26. The van der Waals surface area contributed by atoms with Crippen molar-refractivity contribution in [2.24, 2.45) is 5.92 Å². The minimum atomic E-state index is -3.39. The maximum atomic E-state index is 12.1. The molecular formula is C12H20N2O3S2. The molecule has 1 fully saturated rings. The molecule has 2 heterocycles. The smallest absolute Gasteiger partial charge is 0.241 e. The van der Waals surface area contributed by atoms with Crippen LogP contribution in [0, 0.1) is 5.92 Å². The van der Waals surface area contributed by atoms with Crippen LogP contribution in [0.3, 0.4) is 0 Å². The van der Waals surface area contributed by atoms with Crippen molar-refractivity contribution in [2.75, 3.05) is 20.2 Å². The number of thiophene rings is 1. The summed E-state index contributed by atoms with van der Waals surface area (Å²) < 4.78 is 32.4. The number of ether oxygens (including phenoxy) is 1. The normalized spacial score (nSPS) is 23.9. The summed E-state index contributed by atoms with van der Waals surface area (Å²) in [5.41, 5.74) is 0. The fourth-order valence-corrected chi connectivity index (χ4v) is 4.49. The lowest BCUT2D eigenvalue weighted by molar-refractivity contribution is 0.107. The Morgan fingerprint density at radius 1 is 1.53 bits per heavy atom. The van der Waals surface area contributed by atoms with Gasteiger partial charge in [0.15, 0.2) is 0 Å². The van der Waals surface area contributed by atoms with Gasteiger partial charge >= 0.3 is 0 Å². The zero-order valence-corrected chi connectivity index (χ0v) is 12.8. The Morgan fingerprint density at radius 3 is 2.95 bits per heavy atom. The predicted octanol–water partition coefficient (Wildman–Crippen LogP) is 1.17. The van der Waals surface area contributed by atoms with Crippen LogP contribution in [0.1, 0.15) is 18.2 Å². The average Bonchev–Trinajstić information content (AvgIpc) is 2.97. The largest absolute Gasteiger partial charge is 0.378 e. The third kappa shape index (κ3) is 3.76. The molecule has 2 rings (SSSR count). The van der Waals surface area contributed by atoms with Crippen molar-refractivity contribution in [2.45, 2.75) is 30.9 Å². The summed E-state index contributed by atoms with van der Waals surface area (Å²) in [5.74, 6) is 0.269. The van der Waals surface area contributed by atoms with Crippen molar-refractivity contribution in [3.05, 3.63) is 16.3 Å². The van der Waals surface area contributed by atoms with Gasteiger partial charge in [0.1, 0.15) is 0 Å². The van der Waals surface area contributed by atoms with Gasteiger partial charge in [-0.1, -0.05) is 0 Å². The van der Waals surface area contributed by atoms with Crippen molar-refractivity contribution in [1.29, 1.82) is 0 Å². The molecule has 0 amide bonds. The number of sulfonamides is 1. The molecule has 2 atom stereocenters. The van der Waals surface area contributed by atoms with Crippen LogP contribution in [-0.4, -0.2) is 34.7 Å². The zero-order chi connectivity index (χ0) is 13.9. The SMILES string of the molecule is CNCc1cc(S(=O)(=O)NCC2CCOC2C)cs1. The van der Waals surface area contributed by atoms with Gasteiger partial charge in [-0.2, -0.15) is 0 Å². The molecule has 0 bridgehead atoms. The van der Waals surface area contributed by atoms with Crippen molar-refractivity contribution in [3.63, 3.8) is 0 Å². The summed E-state index contributed by atoms with van der Waals surface area (Å²) in [6.45, 7) is 3.84. The molecule has 1 aliphatic heterocycles. The Labute approximate surface area is 118 Å². The number of hydrogen-bond acceptors (Lipinski definition) is 5. The molecule has 0 saturated carbocycles. The number of hydrogen-bond donors (Lipinski definition) is 2. The monoisotopic (exact) mass is 304 g/mol. The highest BCUT2D eigenvalue weighted by atomic mass is 32.2. The van der Waals surface area contributed by atoms with Crippen LogP contribution in [0.4, 0.5) is 0 Å². The van der Waals surface area contributed by atoms with Gasteiger partial charge in [-0.15, -0.1) is 11.3 Å². The van der Waals surface area contributed by atoms with Crippen molar-refractivity contribution >= 4 is 21.4 Å². The second-order valence-electron chi connectivity index (χ2n) is 4.76. The van der Waals surface area contributed by atoms with Crippen molar-refractivity contribution in [3.8, 4) is 0 Å². The van der Waals surface area contributed by atoms with E-state index < -0.39 is 10.0 Å². The van der Waals surface area contributed by atoms with Crippen LogP contribution >= 0.6 is 11.3 Å². The molecule has 1 aliphatic rings. The minimum absolute atomic E-state index is 0.130. The Balaban J connectivity index is 1.97. The van der Waals surface area contributed by atoms with E-state index in [2.05, 4.69) is 10.0 Å². The molecule has 5 nitrogen and oxygen atoms in total. The third-order valence-electron chi connectivity index (χ3n) is 3.36. The highest BCUT2D eigenvalue weighted by Crippen LogP contribution is 2.22. The second kappa shape index (κ2) is 6.32. The fourth-order valence-electron chi connectivity index (χ4n) is 2.11. The van der Waals surface area contributed by atoms with Crippen molar-refractivity contribution < 1.29 is 13.2 Å². The van der Waals surface area contributed by atoms with E-state index in [-0.39, 0.29) is 12.0 Å². The van der Waals surface area contributed by atoms with Gasteiger partial charge in [0.05, 0.1) is 11.0 Å². The molecule has 0 radical (unpaired) electrons. The summed E-state index contributed by atoms with van der Waals surface area (Å²) in [6, 6.07) is 1.72. The Hall–Kier alpha value is -0.470. The maximum Gasteiger partial charge on any atom is 0.241 e. The molecule has 1 aromatic rings. The van der Waals surface area contributed by atoms with E-state index in [1.165, 1.54) is 11.3 Å². The van der Waals surface area contributed by atoms with Crippen LogP contribution < -0.4 is 10.0 Å². The first kappa shape index (κ1) is 14.9. The topological polar surface area (TPSA) is 67.4 Å². The van der Waals surface area contributed by atoms with E-state index in [0.717, 1.165) is 17.9 Å². The molecular weight excluding hydrogens is 284 g/mol. The van der Waals surface area contributed by atoms with Gasteiger partial charge in [0.2, 0.25) is 10.0 Å². The van der Waals surface area contributed by atoms with Gasteiger partial charge in [-0.05, 0) is 26.5 Å². The summed E-state index contributed by atoms with van der Waals surface area (Å²) in [7, 11) is -1.55. The Morgan fingerprint density at radius 2 is 2.32 bits per heavy atom. The van der Waals surface area contributed by atoms with Gasteiger partial charge in [0.25, 0.3) is 0 Å². The van der Waals surface area contributed by atoms with Crippen molar-refractivity contribution in [1.82, 2.24) is 10.0 Å². The van der Waals surface area contributed by atoms with Crippen LogP contribution in [0.2, 0.25) is 0 Å². The van der Waals surface area contributed by atoms with Gasteiger partial charge in [-0.25, -0.2) is 13.1 Å². The van der Waals surface area contributed by atoms with Gasteiger partial charge < -0.3 is 10.1 Å². The minimum Gasteiger partial charge on any atom is -0.378 e. The predicted molar refractivity (Wildman–Crippen MR) is 75.8 cm³/mol. The molecule has 0 aliphatic carbocycles. The molecule has 1 saturated heterocycles. The first-order chi connectivity index (χ1) is 9.03. The van der Waals surface area contributed by atoms with E-state index in [1.54, 1.807) is 11.4 Å². The molecule has 19 heavy (non-hydrogen) atoms. The van der Waals surface area contributed by atoms with E-state index >= 15 is 0 Å². The number of rotatable bonds is 6. The van der Waals surface area contributed by atoms with Gasteiger partial charge in [-0.3, -0.25) is 0 Å². The van der Waals surface area contributed by atoms with E-state index in [0.29, 0.717) is 18.0 Å². The average molecular weight is 304 g/mol. The zero-order valence-electron chi connectivity index (χ0n) is 11.2. The van der Waals surface area contributed by atoms with Crippen LogP contribution in [0.5, 0.6) is 0 Å². The summed E-state index contributed by atoms with van der Waals surface area (Å²) in [6.07, 6.45) is 1.04. The summed E-state index contributed by atoms with van der Waals surface area (Å²) in [4.78, 5) is 1.37. The maximum absolute atomic E-state index is 12.1. The first-order valence-electron chi connectivity index (χ1n) is 6.36. The first-order valence-corrected chi connectivity index (χ1v) is 8.72. The van der Waals surface area contributed by atoms with Crippen LogP contribution in [-0.2, 0) is 21.3 Å². The van der Waals surface area contributed by atoms with Crippen LogP contribution in [0.15, 0.2) is 16.3 Å². The molecule has 1 aromatic heterocycles. The lowest BCUT2D eigenvalue weighted by Crippen LogP contribution is -2.31. The van der Waals surface area contributed by atoms with Crippen LogP contribution in [0.25, 0.3) is 0 Å². The van der Waals surface area contributed by atoms with E-state index in [1.807, 2.05) is 14.0 Å². The molecule has 2 unspecified atom stereocenters. The molecule has 2 N–H and O–H groups in total. The lowest BCUT2D eigenvalue weighted by Gasteiger charge is -2.14. The van der Waals surface area contributed by atoms with E-state index in [9.17, 15) is 8.42 Å². The third-order valence-corrected chi connectivity index (χ3v) is 5.85. The lowest BCUT2D eigenvalue weighted by atomic mass is 10.0. The fraction of sp³-hybridized carbons (Fsp3) is 0.667.